The number of nitrogens with zero attached hydrogens (tertiary/aromatic N) is 2. The molecule has 1 heterocycles. The molecule has 0 aromatic carbocycles. The fraction of sp³-hybridized carbons (Fsp3) is 0.727. The van der Waals surface area contributed by atoms with Crippen LogP contribution < -0.4 is 0 Å². The summed E-state index contributed by atoms with van der Waals surface area (Å²) in [5.41, 5.74) is 0. The minimum Gasteiger partial charge on any atom is -0.346 e. The monoisotopic (exact) mass is 234 g/mol. The highest BCUT2D eigenvalue weighted by Gasteiger charge is 2.13. The standard InChI is InChI=1S/C8H16N2OS.C2H6.CH4/c1-7(2)10-6-5-8(9-10)12(3,4)11;1-2;/h5-7,11H,1-4H3;1-2H3;1H4. The largest absolute Gasteiger partial charge is 0.346 e. The fourth-order valence-corrected chi connectivity index (χ4v) is 1.56. The van der Waals surface area contributed by atoms with Gasteiger partial charge in [-0.3, -0.25) is 4.68 Å². The second kappa shape index (κ2) is 6.90. The van der Waals surface area contributed by atoms with Crippen molar-refractivity contribution in [1.82, 2.24) is 9.78 Å². The third kappa shape index (κ3) is 5.23. The van der Waals surface area contributed by atoms with Crippen LogP contribution >= 0.6 is 10.3 Å². The summed E-state index contributed by atoms with van der Waals surface area (Å²) in [5, 5.41) is 5.09. The van der Waals surface area contributed by atoms with Gasteiger partial charge in [-0.25, -0.2) is 0 Å². The molecule has 1 rings (SSSR count). The van der Waals surface area contributed by atoms with Crippen molar-refractivity contribution < 1.29 is 4.55 Å². The molecule has 3 nitrogen and oxygen atoms in total. The first kappa shape index (κ1) is 16.9. The predicted octanol–water partition coefficient (Wildman–Crippen LogP) is 4.02. The molecule has 0 bridgehead atoms. The Balaban J connectivity index is 0. The molecule has 0 spiro atoms. The van der Waals surface area contributed by atoms with Crippen LogP contribution in [0.1, 0.15) is 41.2 Å². The van der Waals surface area contributed by atoms with Crippen LogP contribution in [0, 0.1) is 0 Å². The lowest BCUT2D eigenvalue weighted by molar-refractivity contribution is 0.518. The number of aromatic nitrogens is 2. The Morgan fingerprint density at radius 1 is 1.33 bits per heavy atom. The van der Waals surface area contributed by atoms with E-state index in [-0.39, 0.29) is 7.43 Å². The summed E-state index contributed by atoms with van der Waals surface area (Å²) in [6.07, 6.45) is 5.55. The Hall–Kier alpha value is -0.480. The molecule has 0 amide bonds. The van der Waals surface area contributed by atoms with Gasteiger partial charge in [0.15, 0.2) is 0 Å². The zero-order valence-corrected chi connectivity index (χ0v) is 10.8. The normalized spacial score (nSPS) is 11.5. The third-order valence-corrected chi connectivity index (χ3v) is 2.87. The Morgan fingerprint density at radius 2 is 1.80 bits per heavy atom. The summed E-state index contributed by atoms with van der Waals surface area (Å²) in [5.74, 6) is 0. The smallest absolute Gasteiger partial charge is 0.123 e. The van der Waals surface area contributed by atoms with Crippen molar-refractivity contribution in [3.8, 4) is 0 Å². The van der Waals surface area contributed by atoms with E-state index >= 15 is 0 Å². The van der Waals surface area contributed by atoms with E-state index in [1.165, 1.54) is 0 Å². The van der Waals surface area contributed by atoms with E-state index in [4.69, 9.17) is 0 Å². The zero-order valence-electron chi connectivity index (χ0n) is 9.98. The lowest BCUT2D eigenvalue weighted by Gasteiger charge is -2.19. The maximum atomic E-state index is 9.69. The van der Waals surface area contributed by atoms with Gasteiger partial charge in [-0.05, 0) is 32.4 Å². The van der Waals surface area contributed by atoms with Gasteiger partial charge >= 0.3 is 0 Å². The summed E-state index contributed by atoms with van der Waals surface area (Å²) in [7, 11) is -1.65. The molecular weight excluding hydrogens is 208 g/mol. The highest BCUT2D eigenvalue weighted by Crippen LogP contribution is 2.42. The van der Waals surface area contributed by atoms with Crippen molar-refractivity contribution >= 4 is 10.3 Å². The van der Waals surface area contributed by atoms with Crippen LogP contribution in [0.15, 0.2) is 17.3 Å². The molecular formula is C11H26N2OS. The summed E-state index contributed by atoms with van der Waals surface area (Å²) in [6, 6.07) is 2.25. The first-order chi connectivity index (χ1) is 6.41. The van der Waals surface area contributed by atoms with Crippen molar-refractivity contribution in [3.63, 3.8) is 0 Å². The average molecular weight is 234 g/mol. The van der Waals surface area contributed by atoms with Gasteiger partial charge in [-0.15, -0.1) is 0 Å². The molecule has 1 N–H and O–H groups in total. The van der Waals surface area contributed by atoms with E-state index in [1.807, 2.05) is 43.3 Å². The Morgan fingerprint density at radius 3 is 2.00 bits per heavy atom. The molecule has 0 aliphatic rings. The fourth-order valence-electron chi connectivity index (χ4n) is 0.875. The molecule has 0 aliphatic carbocycles. The van der Waals surface area contributed by atoms with Crippen LogP contribution in [0.5, 0.6) is 0 Å². The van der Waals surface area contributed by atoms with E-state index < -0.39 is 10.3 Å². The van der Waals surface area contributed by atoms with E-state index in [0.29, 0.717) is 6.04 Å². The highest BCUT2D eigenvalue weighted by atomic mass is 32.3. The molecule has 4 heteroatoms. The molecule has 92 valence electrons. The predicted molar refractivity (Wildman–Crippen MR) is 71.0 cm³/mol. The summed E-state index contributed by atoms with van der Waals surface area (Å²) in [6.45, 7) is 8.13. The van der Waals surface area contributed by atoms with Crippen LogP contribution in [0.3, 0.4) is 0 Å². The molecule has 0 radical (unpaired) electrons. The quantitative estimate of drug-likeness (QED) is 0.839. The van der Waals surface area contributed by atoms with Crippen molar-refractivity contribution in [3.05, 3.63) is 12.3 Å². The Labute approximate surface area is 96.0 Å². The number of rotatable bonds is 2. The summed E-state index contributed by atoms with van der Waals surface area (Å²) >= 11 is 0. The maximum Gasteiger partial charge on any atom is 0.123 e. The van der Waals surface area contributed by atoms with Gasteiger partial charge in [0.2, 0.25) is 0 Å². The zero-order chi connectivity index (χ0) is 11.4. The van der Waals surface area contributed by atoms with Crippen LogP contribution in [0.4, 0.5) is 0 Å². The van der Waals surface area contributed by atoms with Crippen LogP contribution in [0.25, 0.3) is 0 Å². The van der Waals surface area contributed by atoms with Gasteiger partial charge in [-0.2, -0.15) is 5.10 Å². The molecule has 0 fully saturated rings. The van der Waals surface area contributed by atoms with Gasteiger partial charge in [0, 0.05) is 12.2 Å². The SMILES string of the molecule is C.CC.CC(C)n1ccc(S(C)(C)O)n1. The first-order valence-corrected chi connectivity index (χ1v) is 7.33. The van der Waals surface area contributed by atoms with E-state index in [0.717, 1.165) is 5.03 Å². The van der Waals surface area contributed by atoms with Crippen LogP contribution in [-0.4, -0.2) is 26.8 Å². The molecule has 15 heavy (non-hydrogen) atoms. The van der Waals surface area contributed by atoms with Crippen molar-refractivity contribution in [2.24, 2.45) is 0 Å². The summed E-state index contributed by atoms with van der Waals surface area (Å²) in [4.78, 5) is 0. The highest BCUT2D eigenvalue weighted by molar-refractivity contribution is 8.27. The molecule has 0 saturated carbocycles. The van der Waals surface area contributed by atoms with Gasteiger partial charge < -0.3 is 4.55 Å². The second-order valence-electron chi connectivity index (χ2n) is 3.50. The third-order valence-electron chi connectivity index (χ3n) is 1.62. The molecule has 1 aromatic heterocycles. The van der Waals surface area contributed by atoms with E-state index in [1.54, 1.807) is 0 Å². The lowest BCUT2D eigenvalue weighted by atomic mass is 10.4. The van der Waals surface area contributed by atoms with Crippen LogP contribution in [-0.2, 0) is 0 Å². The Kier molecular flexibility index (Phi) is 7.79. The van der Waals surface area contributed by atoms with Gasteiger partial charge in [-0.1, -0.05) is 31.6 Å². The Bertz CT molecular complexity index is 264. The second-order valence-corrected chi connectivity index (χ2v) is 6.46. The summed E-state index contributed by atoms with van der Waals surface area (Å²) < 4.78 is 11.6. The van der Waals surface area contributed by atoms with Gasteiger partial charge in [0.05, 0.1) is 0 Å². The minimum absolute atomic E-state index is 0. The number of hydrogen-bond acceptors (Lipinski definition) is 2. The van der Waals surface area contributed by atoms with Crippen molar-refractivity contribution in [2.75, 3.05) is 12.5 Å². The van der Waals surface area contributed by atoms with E-state index in [2.05, 4.69) is 18.9 Å². The van der Waals surface area contributed by atoms with Crippen LogP contribution in [0.2, 0.25) is 0 Å². The van der Waals surface area contributed by atoms with Gasteiger partial charge in [0.25, 0.3) is 0 Å². The number of hydrogen-bond donors (Lipinski definition) is 1. The first-order valence-electron chi connectivity index (χ1n) is 4.92. The maximum absolute atomic E-state index is 9.69. The molecule has 0 aliphatic heterocycles. The van der Waals surface area contributed by atoms with Gasteiger partial charge in [0.1, 0.15) is 5.03 Å². The molecule has 0 unspecified atom stereocenters. The molecule has 0 saturated heterocycles. The molecule has 0 atom stereocenters. The average Bonchev–Trinajstić information content (AvgIpc) is 2.54. The van der Waals surface area contributed by atoms with Crippen molar-refractivity contribution in [1.29, 1.82) is 0 Å². The topological polar surface area (TPSA) is 38.0 Å². The lowest BCUT2D eigenvalue weighted by Crippen LogP contribution is -2.03. The van der Waals surface area contributed by atoms with Crippen molar-refractivity contribution in [2.45, 2.75) is 46.2 Å². The minimum atomic E-state index is -1.65. The van der Waals surface area contributed by atoms with E-state index in [9.17, 15) is 4.55 Å². The molecule has 1 aromatic rings.